The van der Waals surface area contributed by atoms with E-state index in [1.54, 1.807) is 25.3 Å². The monoisotopic (exact) mass is 414 g/mol. The van der Waals surface area contributed by atoms with Crippen molar-refractivity contribution in [2.75, 3.05) is 0 Å². The third-order valence-electron chi connectivity index (χ3n) is 4.39. The van der Waals surface area contributed by atoms with Gasteiger partial charge >= 0.3 is 0 Å². The molecule has 3 rings (SSSR count). The van der Waals surface area contributed by atoms with Gasteiger partial charge in [0.2, 0.25) is 0 Å². The summed E-state index contributed by atoms with van der Waals surface area (Å²) in [4.78, 5) is 12.2. The van der Waals surface area contributed by atoms with E-state index in [9.17, 15) is 4.79 Å². The van der Waals surface area contributed by atoms with E-state index in [-0.39, 0.29) is 5.91 Å². The van der Waals surface area contributed by atoms with Gasteiger partial charge in [0.05, 0.1) is 6.21 Å². The van der Waals surface area contributed by atoms with Crippen LogP contribution in [0.4, 0.5) is 0 Å². The van der Waals surface area contributed by atoms with Crippen molar-refractivity contribution in [1.29, 1.82) is 0 Å². The minimum Gasteiger partial charge on any atom is -0.489 e. The Hall–Kier alpha value is -3.86. The Morgan fingerprint density at radius 3 is 2.23 bits per heavy atom. The molecule has 0 spiro atoms. The van der Waals surface area contributed by atoms with Crippen LogP contribution in [0.5, 0.6) is 11.5 Å². The normalized spacial score (nSPS) is 12.4. The Kier molecular flexibility index (Phi) is 8.00. The molecular formula is C26H26N2O3. The van der Waals surface area contributed by atoms with Gasteiger partial charge < -0.3 is 9.47 Å². The van der Waals surface area contributed by atoms with Crippen molar-refractivity contribution in [2.24, 2.45) is 5.10 Å². The van der Waals surface area contributed by atoms with E-state index < -0.39 is 6.10 Å². The quantitative estimate of drug-likeness (QED) is 0.385. The second kappa shape index (κ2) is 11.4. The number of ether oxygens (including phenoxy) is 2. The third kappa shape index (κ3) is 7.48. The second-order valence-electron chi connectivity index (χ2n) is 7.04. The molecule has 0 unspecified atom stereocenters. The predicted molar refractivity (Wildman–Crippen MR) is 124 cm³/mol. The van der Waals surface area contributed by atoms with Crippen molar-refractivity contribution in [3.05, 3.63) is 102 Å². The van der Waals surface area contributed by atoms with Gasteiger partial charge in [0.1, 0.15) is 18.1 Å². The smallest absolute Gasteiger partial charge is 0.280 e. The van der Waals surface area contributed by atoms with Crippen LogP contribution >= 0.6 is 0 Å². The molecule has 0 saturated carbocycles. The lowest BCUT2D eigenvalue weighted by molar-refractivity contribution is -0.127. The highest BCUT2D eigenvalue weighted by atomic mass is 16.5. The first-order chi connectivity index (χ1) is 15.1. The summed E-state index contributed by atoms with van der Waals surface area (Å²) in [7, 11) is 0. The molecule has 0 radical (unpaired) electrons. The Labute approximate surface area is 183 Å². The zero-order valence-corrected chi connectivity index (χ0v) is 17.7. The molecule has 0 aliphatic rings. The summed E-state index contributed by atoms with van der Waals surface area (Å²) in [6.07, 6.45) is 2.90. The van der Waals surface area contributed by atoms with Gasteiger partial charge in [-0.05, 0) is 54.8 Å². The summed E-state index contributed by atoms with van der Waals surface area (Å²) in [6, 6.07) is 27.1. The first-order valence-electron chi connectivity index (χ1n) is 10.1. The SMILES string of the molecule is CC(/C=N\NC(=O)[C@H](C)Oc1ccc(OCc2ccccc2)cc1)=C/c1ccccc1. The molecule has 5 nitrogen and oxygen atoms in total. The van der Waals surface area contributed by atoms with E-state index in [2.05, 4.69) is 10.5 Å². The van der Waals surface area contributed by atoms with E-state index >= 15 is 0 Å². The predicted octanol–water partition coefficient (Wildman–Crippen LogP) is 5.24. The van der Waals surface area contributed by atoms with Crippen molar-refractivity contribution in [1.82, 2.24) is 5.43 Å². The minimum absolute atomic E-state index is 0.326. The second-order valence-corrected chi connectivity index (χ2v) is 7.04. The van der Waals surface area contributed by atoms with Crippen LogP contribution in [0.2, 0.25) is 0 Å². The maximum atomic E-state index is 12.2. The molecule has 3 aromatic rings. The topological polar surface area (TPSA) is 59.9 Å². The van der Waals surface area contributed by atoms with E-state index in [0.29, 0.717) is 12.4 Å². The number of rotatable bonds is 9. The van der Waals surface area contributed by atoms with Crippen LogP contribution in [0.1, 0.15) is 25.0 Å². The number of benzene rings is 3. The Bertz CT molecular complexity index is 1010. The van der Waals surface area contributed by atoms with Gasteiger partial charge in [-0.3, -0.25) is 4.79 Å². The van der Waals surface area contributed by atoms with E-state index in [4.69, 9.17) is 9.47 Å². The first kappa shape index (κ1) is 21.8. The van der Waals surface area contributed by atoms with Crippen LogP contribution in [0.25, 0.3) is 6.08 Å². The number of nitrogens with zero attached hydrogens (tertiary/aromatic N) is 1. The lowest BCUT2D eigenvalue weighted by Gasteiger charge is -2.13. The molecule has 158 valence electrons. The van der Waals surface area contributed by atoms with Crippen LogP contribution in [-0.2, 0) is 11.4 Å². The Morgan fingerprint density at radius 1 is 0.935 bits per heavy atom. The third-order valence-corrected chi connectivity index (χ3v) is 4.39. The molecule has 0 saturated heterocycles. The molecule has 0 aliphatic heterocycles. The van der Waals surface area contributed by atoms with Crippen molar-refractivity contribution in [3.63, 3.8) is 0 Å². The maximum absolute atomic E-state index is 12.2. The average Bonchev–Trinajstić information content (AvgIpc) is 2.80. The summed E-state index contributed by atoms with van der Waals surface area (Å²) in [6.45, 7) is 4.09. The Morgan fingerprint density at radius 2 is 1.55 bits per heavy atom. The lowest BCUT2D eigenvalue weighted by Crippen LogP contribution is -2.33. The molecule has 3 aromatic carbocycles. The molecule has 1 atom stereocenters. The number of carbonyl (C=O) groups excluding carboxylic acids is 1. The fraction of sp³-hybridized carbons (Fsp3) is 0.154. The van der Waals surface area contributed by atoms with Crippen LogP contribution in [0, 0.1) is 0 Å². The number of allylic oxidation sites excluding steroid dienone is 1. The van der Waals surface area contributed by atoms with Gasteiger partial charge in [-0.2, -0.15) is 5.10 Å². The van der Waals surface area contributed by atoms with E-state index in [1.165, 1.54) is 0 Å². The molecule has 0 heterocycles. The molecule has 1 amide bonds. The summed E-state index contributed by atoms with van der Waals surface area (Å²) in [5.41, 5.74) is 5.61. The number of nitrogens with one attached hydrogen (secondary N) is 1. The largest absolute Gasteiger partial charge is 0.489 e. The van der Waals surface area contributed by atoms with Crippen molar-refractivity contribution >= 4 is 18.2 Å². The summed E-state index contributed by atoms with van der Waals surface area (Å²) < 4.78 is 11.4. The van der Waals surface area contributed by atoms with E-state index in [0.717, 1.165) is 22.4 Å². The van der Waals surface area contributed by atoms with Crippen LogP contribution < -0.4 is 14.9 Å². The maximum Gasteiger partial charge on any atom is 0.280 e. The van der Waals surface area contributed by atoms with Crippen molar-refractivity contribution in [2.45, 2.75) is 26.6 Å². The number of hydrogen-bond acceptors (Lipinski definition) is 4. The van der Waals surface area contributed by atoms with Gasteiger partial charge in [-0.15, -0.1) is 0 Å². The van der Waals surface area contributed by atoms with Crippen molar-refractivity contribution < 1.29 is 14.3 Å². The molecule has 5 heteroatoms. The zero-order chi connectivity index (χ0) is 21.9. The van der Waals surface area contributed by atoms with E-state index in [1.807, 2.05) is 85.8 Å². The highest BCUT2D eigenvalue weighted by Gasteiger charge is 2.13. The van der Waals surface area contributed by atoms with Gasteiger partial charge in [0.15, 0.2) is 6.10 Å². The van der Waals surface area contributed by atoms with Gasteiger partial charge in [-0.1, -0.05) is 66.7 Å². The standard InChI is InChI=1S/C26H26N2O3/c1-20(17-22-9-5-3-6-10-22)18-27-28-26(29)21(2)31-25-15-13-24(14-16-25)30-19-23-11-7-4-8-12-23/h3-18,21H,19H2,1-2H3,(H,28,29)/b20-17-,27-18-/t21-/m0/s1. The van der Waals surface area contributed by atoms with Gasteiger partial charge in [-0.25, -0.2) is 5.43 Å². The summed E-state index contributed by atoms with van der Waals surface area (Å²) >= 11 is 0. The summed E-state index contributed by atoms with van der Waals surface area (Å²) in [5, 5.41) is 4.00. The highest BCUT2D eigenvalue weighted by molar-refractivity contribution is 5.87. The molecule has 31 heavy (non-hydrogen) atoms. The highest BCUT2D eigenvalue weighted by Crippen LogP contribution is 2.19. The number of hydrazone groups is 1. The molecule has 0 aromatic heterocycles. The van der Waals surface area contributed by atoms with Gasteiger partial charge in [0, 0.05) is 0 Å². The lowest BCUT2D eigenvalue weighted by atomic mass is 10.1. The number of hydrogen-bond donors (Lipinski definition) is 1. The fourth-order valence-corrected chi connectivity index (χ4v) is 2.75. The average molecular weight is 415 g/mol. The Balaban J connectivity index is 1.45. The first-order valence-corrected chi connectivity index (χ1v) is 10.1. The molecule has 0 bridgehead atoms. The molecule has 1 N–H and O–H groups in total. The zero-order valence-electron chi connectivity index (χ0n) is 17.7. The van der Waals surface area contributed by atoms with Crippen LogP contribution in [-0.4, -0.2) is 18.2 Å². The van der Waals surface area contributed by atoms with Crippen LogP contribution in [0.15, 0.2) is 95.6 Å². The molecule has 0 aliphatic carbocycles. The number of amides is 1. The van der Waals surface area contributed by atoms with Crippen LogP contribution in [0.3, 0.4) is 0 Å². The summed E-state index contributed by atoms with van der Waals surface area (Å²) in [5.74, 6) is 0.991. The molecular weight excluding hydrogens is 388 g/mol. The van der Waals surface area contributed by atoms with Gasteiger partial charge in [0.25, 0.3) is 5.91 Å². The number of carbonyl (C=O) groups is 1. The minimum atomic E-state index is -0.688. The fourth-order valence-electron chi connectivity index (χ4n) is 2.75. The molecule has 0 fully saturated rings. The van der Waals surface area contributed by atoms with Crippen molar-refractivity contribution in [3.8, 4) is 11.5 Å².